The molecule has 7 nitrogen and oxygen atoms in total. The molecule has 35 heavy (non-hydrogen) atoms. The van der Waals surface area contributed by atoms with Crippen molar-refractivity contribution >= 4 is 23.5 Å². The molecule has 11 heteroatoms. The minimum atomic E-state index is -4.87. The molecular formula is C24H30F4N6O. The number of halogens is 4. The second-order valence-corrected chi connectivity index (χ2v) is 9.42. The molecule has 4 rings (SSSR count). The molecule has 190 valence electrons. The Balaban J connectivity index is 1.47. The number of carbonyl (C=O) groups is 1. The predicted molar refractivity (Wildman–Crippen MR) is 126 cm³/mol. The number of nitrogens with zero attached hydrogens (tertiary/aromatic N) is 4. The average molecular weight is 495 g/mol. The van der Waals surface area contributed by atoms with E-state index in [1.165, 1.54) is 5.56 Å². The van der Waals surface area contributed by atoms with Gasteiger partial charge in [-0.2, -0.15) is 18.2 Å². The lowest BCUT2D eigenvalue weighted by Crippen LogP contribution is -2.47. The minimum Gasteiger partial charge on any atom is -0.362 e. The number of carbonyl (C=O) groups excluding carboxylic acids is 1. The largest absolute Gasteiger partial charge is 0.419 e. The first-order chi connectivity index (χ1) is 16.5. The Morgan fingerprint density at radius 3 is 2.40 bits per heavy atom. The van der Waals surface area contributed by atoms with Crippen LogP contribution in [-0.2, 0) is 19.0 Å². The Hall–Kier alpha value is -3.11. The molecule has 1 saturated carbocycles. The van der Waals surface area contributed by atoms with Gasteiger partial charge in [0.05, 0.1) is 11.3 Å². The number of benzene rings is 1. The van der Waals surface area contributed by atoms with E-state index in [1.54, 1.807) is 0 Å². The molecule has 0 aliphatic heterocycles. The molecule has 2 aliphatic carbocycles. The second-order valence-electron chi connectivity index (χ2n) is 9.42. The quantitative estimate of drug-likeness (QED) is 0.578. The summed E-state index contributed by atoms with van der Waals surface area (Å²) >= 11 is 0. The summed E-state index contributed by atoms with van der Waals surface area (Å²) in [6, 6.07) is 1.32. The summed E-state index contributed by atoms with van der Waals surface area (Å²) in [5, 5.41) is 3.41. The molecule has 2 amide bonds. The van der Waals surface area contributed by atoms with Gasteiger partial charge in [-0.15, -0.1) is 0 Å². The van der Waals surface area contributed by atoms with Crippen molar-refractivity contribution in [2.75, 3.05) is 29.2 Å². The Labute approximate surface area is 201 Å². The van der Waals surface area contributed by atoms with Crippen LogP contribution < -0.4 is 20.9 Å². The van der Waals surface area contributed by atoms with Gasteiger partial charge in [-0.05, 0) is 69.6 Å². The van der Waals surface area contributed by atoms with Crippen LogP contribution in [0.4, 0.5) is 39.8 Å². The number of amides is 2. The molecule has 0 bridgehead atoms. The number of nitrogens with two attached hydrogens (primary N) is 1. The van der Waals surface area contributed by atoms with E-state index in [2.05, 4.69) is 5.32 Å². The molecule has 1 aromatic heterocycles. The molecule has 1 aromatic carbocycles. The Kier molecular flexibility index (Phi) is 7.05. The van der Waals surface area contributed by atoms with Crippen LogP contribution in [0, 0.1) is 5.82 Å². The summed E-state index contributed by atoms with van der Waals surface area (Å²) in [7, 11) is 3.93. The zero-order valence-corrected chi connectivity index (χ0v) is 19.8. The highest BCUT2D eigenvalue weighted by molar-refractivity contribution is 5.91. The smallest absolute Gasteiger partial charge is 0.362 e. The molecule has 0 unspecified atom stereocenters. The molecule has 1 heterocycles. The Bertz CT molecular complexity index is 1080. The standard InChI is InChI=1S/C24H30F4N6O/c1-33(2)21-17-5-3-4-6-20(17)31-23(32-21)30-14-7-9-15(10-8-14)34(22(29)35)16-11-12-19(25)18(13-16)24(26,27)28/h11-15H,3-10H2,1-2H3,(H2,29,35)(H,30,31,32). The molecule has 0 spiro atoms. The van der Waals surface area contributed by atoms with Crippen molar-refractivity contribution in [2.45, 2.75) is 69.6 Å². The van der Waals surface area contributed by atoms with Crippen LogP contribution in [0.5, 0.6) is 0 Å². The van der Waals surface area contributed by atoms with Crippen LogP contribution in [0.3, 0.4) is 0 Å². The van der Waals surface area contributed by atoms with E-state index in [0.717, 1.165) is 54.2 Å². The van der Waals surface area contributed by atoms with Crippen LogP contribution in [0.25, 0.3) is 0 Å². The highest BCUT2D eigenvalue weighted by Gasteiger charge is 2.36. The predicted octanol–water partition coefficient (Wildman–Crippen LogP) is 4.89. The summed E-state index contributed by atoms with van der Waals surface area (Å²) in [6.45, 7) is 0. The molecule has 3 N–H and O–H groups in total. The van der Waals surface area contributed by atoms with Gasteiger partial charge in [0.15, 0.2) is 0 Å². The number of aryl methyl sites for hydroxylation is 1. The van der Waals surface area contributed by atoms with Crippen molar-refractivity contribution in [2.24, 2.45) is 5.73 Å². The van der Waals surface area contributed by atoms with E-state index in [4.69, 9.17) is 15.7 Å². The van der Waals surface area contributed by atoms with E-state index in [1.807, 2.05) is 19.0 Å². The van der Waals surface area contributed by atoms with Gasteiger partial charge in [0.1, 0.15) is 11.6 Å². The fraction of sp³-hybridized carbons (Fsp3) is 0.542. The summed E-state index contributed by atoms with van der Waals surface area (Å²) in [5.74, 6) is 0.0983. The third kappa shape index (κ3) is 5.43. The lowest BCUT2D eigenvalue weighted by atomic mass is 9.90. The highest BCUT2D eigenvalue weighted by Crippen LogP contribution is 2.36. The number of urea groups is 1. The lowest BCUT2D eigenvalue weighted by molar-refractivity contribution is -0.139. The number of rotatable bonds is 5. The van der Waals surface area contributed by atoms with Crippen LogP contribution in [-0.4, -0.2) is 42.2 Å². The summed E-state index contributed by atoms with van der Waals surface area (Å²) < 4.78 is 53.3. The molecule has 2 aromatic rings. The Morgan fingerprint density at radius 1 is 1.09 bits per heavy atom. The van der Waals surface area contributed by atoms with E-state index in [9.17, 15) is 22.4 Å². The van der Waals surface area contributed by atoms with Crippen molar-refractivity contribution < 1.29 is 22.4 Å². The molecule has 0 saturated heterocycles. The molecular weight excluding hydrogens is 464 g/mol. The number of aromatic nitrogens is 2. The van der Waals surface area contributed by atoms with Gasteiger partial charge in [0.2, 0.25) is 5.95 Å². The number of primary amides is 1. The van der Waals surface area contributed by atoms with Crippen LogP contribution in [0.2, 0.25) is 0 Å². The summed E-state index contributed by atoms with van der Waals surface area (Å²) in [4.78, 5) is 24.8. The zero-order valence-electron chi connectivity index (χ0n) is 19.8. The van der Waals surface area contributed by atoms with Crippen molar-refractivity contribution in [1.29, 1.82) is 0 Å². The van der Waals surface area contributed by atoms with Gasteiger partial charge in [0, 0.05) is 37.4 Å². The van der Waals surface area contributed by atoms with Gasteiger partial charge in [0.25, 0.3) is 0 Å². The van der Waals surface area contributed by atoms with Crippen LogP contribution in [0.15, 0.2) is 18.2 Å². The maximum absolute atomic E-state index is 13.7. The maximum atomic E-state index is 13.7. The first-order valence-corrected chi connectivity index (χ1v) is 11.8. The highest BCUT2D eigenvalue weighted by atomic mass is 19.4. The van der Waals surface area contributed by atoms with Gasteiger partial charge in [-0.1, -0.05) is 0 Å². The number of hydrogen-bond donors (Lipinski definition) is 2. The van der Waals surface area contributed by atoms with Gasteiger partial charge < -0.3 is 16.0 Å². The number of fused-ring (bicyclic) bond motifs is 1. The monoisotopic (exact) mass is 494 g/mol. The fourth-order valence-electron chi connectivity index (χ4n) is 5.07. The second kappa shape index (κ2) is 9.87. The van der Waals surface area contributed by atoms with Crippen molar-refractivity contribution in [1.82, 2.24) is 9.97 Å². The molecule has 1 fully saturated rings. The third-order valence-electron chi connectivity index (χ3n) is 6.75. The molecule has 0 atom stereocenters. The van der Waals surface area contributed by atoms with Gasteiger partial charge >= 0.3 is 12.2 Å². The van der Waals surface area contributed by atoms with E-state index in [-0.39, 0.29) is 17.8 Å². The summed E-state index contributed by atoms with van der Waals surface area (Å²) in [5.41, 5.74) is 6.33. The molecule has 0 radical (unpaired) electrons. The number of nitrogens with one attached hydrogen (secondary N) is 1. The van der Waals surface area contributed by atoms with E-state index < -0.39 is 23.6 Å². The normalized spacial score (nSPS) is 20.2. The van der Waals surface area contributed by atoms with Crippen molar-refractivity contribution in [3.05, 3.63) is 40.8 Å². The van der Waals surface area contributed by atoms with E-state index >= 15 is 0 Å². The average Bonchev–Trinajstić information content (AvgIpc) is 2.80. The van der Waals surface area contributed by atoms with E-state index in [0.29, 0.717) is 37.7 Å². The first-order valence-electron chi connectivity index (χ1n) is 11.8. The number of alkyl halides is 3. The first kappa shape index (κ1) is 25.0. The summed E-state index contributed by atoms with van der Waals surface area (Å²) in [6.07, 6.45) is 1.59. The lowest BCUT2D eigenvalue weighted by Gasteiger charge is -2.36. The SMILES string of the molecule is CN(C)c1nc(NC2CCC(N(C(N)=O)c3ccc(F)c(C(F)(F)F)c3)CC2)nc2c1CCCC2. The topological polar surface area (TPSA) is 87.4 Å². The van der Waals surface area contributed by atoms with Crippen LogP contribution >= 0.6 is 0 Å². The Morgan fingerprint density at radius 2 is 1.77 bits per heavy atom. The van der Waals surface area contributed by atoms with Gasteiger partial charge in [-0.3, -0.25) is 4.90 Å². The van der Waals surface area contributed by atoms with Crippen molar-refractivity contribution in [3.63, 3.8) is 0 Å². The third-order valence-corrected chi connectivity index (χ3v) is 6.75. The number of hydrogen-bond acceptors (Lipinski definition) is 5. The number of anilines is 3. The molecule has 2 aliphatic rings. The fourth-order valence-corrected chi connectivity index (χ4v) is 5.07. The zero-order chi connectivity index (χ0) is 25.3. The maximum Gasteiger partial charge on any atom is 0.419 e. The van der Waals surface area contributed by atoms with Gasteiger partial charge in [-0.25, -0.2) is 14.2 Å². The van der Waals surface area contributed by atoms with Crippen molar-refractivity contribution in [3.8, 4) is 0 Å². The minimum absolute atomic E-state index is 0.0524. The van der Waals surface area contributed by atoms with Crippen LogP contribution in [0.1, 0.15) is 55.3 Å².